The summed E-state index contributed by atoms with van der Waals surface area (Å²) in [5, 5.41) is 9.11. The van der Waals surface area contributed by atoms with Crippen LogP contribution in [-0.4, -0.2) is 94.1 Å². The molecule has 2 aromatic heterocycles. The topological polar surface area (TPSA) is 138 Å². The summed E-state index contributed by atoms with van der Waals surface area (Å²) in [5.74, 6) is -1.04. The molecule has 2 aromatic carbocycles. The molecule has 6 heterocycles. The number of amides is 3. The lowest BCUT2D eigenvalue weighted by molar-refractivity contribution is -0.155. The van der Waals surface area contributed by atoms with Crippen LogP contribution in [0.3, 0.4) is 0 Å². The predicted molar refractivity (Wildman–Crippen MR) is 237 cm³/mol. The van der Waals surface area contributed by atoms with Gasteiger partial charge in [0.2, 0.25) is 11.8 Å². The molecule has 4 aliphatic heterocycles. The number of hydrazine groups is 1. The third-order valence-electron chi connectivity index (χ3n) is 13.5. The van der Waals surface area contributed by atoms with Crippen molar-refractivity contribution < 1.29 is 23.9 Å². The normalized spacial score (nSPS) is 23.9. The Morgan fingerprint density at radius 3 is 2.54 bits per heavy atom. The van der Waals surface area contributed by atoms with Crippen molar-refractivity contribution in [2.75, 3.05) is 32.8 Å². The molecule has 3 N–H and O–H groups in total. The fourth-order valence-electron chi connectivity index (χ4n) is 10.3. The molecule has 4 aliphatic rings. The number of cyclic esters (lactones) is 1. The number of hydrogen-bond acceptors (Lipinski definition) is 8. The molecule has 8 rings (SSSR count). The summed E-state index contributed by atoms with van der Waals surface area (Å²) < 4.78 is 8.53. The highest BCUT2D eigenvalue weighted by Gasteiger charge is 2.52. The van der Waals surface area contributed by atoms with Crippen molar-refractivity contribution in [1.82, 2.24) is 35.5 Å². The number of ether oxygens (including phenoxy) is 1. The molecule has 4 atom stereocenters. The van der Waals surface area contributed by atoms with Crippen molar-refractivity contribution in [1.29, 1.82) is 0 Å². The van der Waals surface area contributed by atoms with Gasteiger partial charge in [0.1, 0.15) is 18.1 Å². The van der Waals surface area contributed by atoms with E-state index in [1.54, 1.807) is 4.90 Å². The molecule has 1 spiro atoms. The van der Waals surface area contributed by atoms with E-state index in [0.717, 1.165) is 64.1 Å². The number of pyridine rings is 1. The standard InChI is InChI=1S/C49H63N7O5/c1-8-54-40-17-16-34-26-36(40)37(43(54)35-14-10-20-51-41(35)30(2)3)27-48(6,7)29-61-46(59)38-15-11-22-56(53-38)45(58)39(25-32-12-9-13-33(34)24-32)52-44(57)42(31(4)5)55-23-19-49(47(55)60)18-21-50-28-49/h9-10,12-14,16-17,20,24,26,30-31,38-39,42,50,53H,8,11,15,18-19,21-23,25,27-29H2,1-7H3,(H,52,57)/t38-,39-,42-,49-/m0/s1. The summed E-state index contributed by atoms with van der Waals surface area (Å²) >= 11 is 0. The Morgan fingerprint density at radius 1 is 1.00 bits per heavy atom. The lowest BCUT2D eigenvalue weighted by Crippen LogP contribution is -2.62. The first-order chi connectivity index (χ1) is 29.2. The SMILES string of the molecule is CCn1c(-c2cccnc2C(C)C)c2c3cc(ccc31)-c1cccc(c1)C[C@H](NC(=O)[C@H](C(C)C)N1CC[C@]3(CCNC3)C1=O)C(=O)N1CCC[C@H](N1)C(=O)OCC(C)(C)C2. The molecule has 324 valence electrons. The van der Waals surface area contributed by atoms with E-state index in [1.807, 2.05) is 38.2 Å². The van der Waals surface area contributed by atoms with E-state index < -0.39 is 34.9 Å². The number of nitrogens with one attached hydrogen (secondary N) is 3. The van der Waals surface area contributed by atoms with Crippen molar-refractivity contribution in [3.63, 3.8) is 0 Å². The van der Waals surface area contributed by atoms with Crippen LogP contribution in [0.25, 0.3) is 33.3 Å². The number of benzene rings is 2. The minimum atomic E-state index is -0.964. The molecule has 4 aromatic rings. The second-order valence-electron chi connectivity index (χ2n) is 19.3. The average molecular weight is 830 g/mol. The molecule has 0 radical (unpaired) electrons. The number of aromatic nitrogens is 2. The van der Waals surface area contributed by atoms with Crippen LogP contribution in [0.15, 0.2) is 60.8 Å². The number of likely N-dealkylation sites (tertiary alicyclic amines) is 1. The van der Waals surface area contributed by atoms with Crippen LogP contribution in [0, 0.1) is 16.7 Å². The number of hydrogen-bond donors (Lipinski definition) is 3. The Balaban J connectivity index is 1.21. The van der Waals surface area contributed by atoms with E-state index in [2.05, 4.69) is 91.6 Å². The Hall–Kier alpha value is -5.07. The Bertz CT molecular complexity index is 2320. The molecule has 3 fully saturated rings. The van der Waals surface area contributed by atoms with Crippen LogP contribution in [0.2, 0.25) is 0 Å². The number of esters is 1. The van der Waals surface area contributed by atoms with Gasteiger partial charge in [-0.15, -0.1) is 0 Å². The van der Waals surface area contributed by atoms with Gasteiger partial charge in [-0.1, -0.05) is 71.9 Å². The Kier molecular flexibility index (Phi) is 11.9. The van der Waals surface area contributed by atoms with E-state index in [9.17, 15) is 19.2 Å². The summed E-state index contributed by atoms with van der Waals surface area (Å²) in [5.41, 5.74) is 10.8. The molecule has 0 saturated carbocycles. The number of carbonyl (C=O) groups excluding carboxylic acids is 4. The van der Waals surface area contributed by atoms with Gasteiger partial charge < -0.3 is 24.8 Å². The van der Waals surface area contributed by atoms with Gasteiger partial charge in [-0.3, -0.25) is 29.2 Å². The zero-order chi connectivity index (χ0) is 43.2. The number of carbonyl (C=O) groups is 4. The maximum atomic E-state index is 14.7. The molecule has 61 heavy (non-hydrogen) atoms. The summed E-state index contributed by atoms with van der Waals surface area (Å²) in [6.07, 6.45) is 5.31. The first-order valence-corrected chi connectivity index (χ1v) is 22.5. The van der Waals surface area contributed by atoms with Gasteiger partial charge in [-0.25, -0.2) is 5.43 Å². The van der Waals surface area contributed by atoms with E-state index in [0.29, 0.717) is 45.3 Å². The van der Waals surface area contributed by atoms with Crippen LogP contribution in [0.4, 0.5) is 0 Å². The molecule has 6 bridgehead atoms. The molecule has 0 aliphatic carbocycles. The van der Waals surface area contributed by atoms with Crippen molar-refractivity contribution in [3.05, 3.63) is 77.6 Å². The van der Waals surface area contributed by atoms with E-state index in [1.165, 1.54) is 10.6 Å². The van der Waals surface area contributed by atoms with Crippen LogP contribution < -0.4 is 16.1 Å². The Labute approximate surface area is 360 Å². The minimum absolute atomic E-state index is 0.0136. The zero-order valence-corrected chi connectivity index (χ0v) is 37.0. The van der Waals surface area contributed by atoms with Crippen molar-refractivity contribution in [2.45, 2.75) is 118 Å². The highest BCUT2D eigenvalue weighted by molar-refractivity contribution is 5.96. The smallest absolute Gasteiger partial charge is 0.324 e. The number of nitrogens with zero attached hydrogens (tertiary/aromatic N) is 4. The number of aryl methyl sites for hydroxylation is 1. The van der Waals surface area contributed by atoms with E-state index >= 15 is 0 Å². The summed E-state index contributed by atoms with van der Waals surface area (Å²) in [6, 6.07) is 16.6. The molecular formula is C49H63N7O5. The molecule has 3 amide bonds. The van der Waals surface area contributed by atoms with Gasteiger partial charge >= 0.3 is 5.97 Å². The van der Waals surface area contributed by atoms with Crippen molar-refractivity contribution in [2.24, 2.45) is 16.7 Å². The van der Waals surface area contributed by atoms with Crippen LogP contribution >= 0.6 is 0 Å². The third-order valence-corrected chi connectivity index (χ3v) is 13.5. The minimum Gasteiger partial charge on any atom is -0.464 e. The summed E-state index contributed by atoms with van der Waals surface area (Å²) in [6.45, 7) is 17.9. The highest BCUT2D eigenvalue weighted by Crippen LogP contribution is 2.42. The average Bonchev–Trinajstić information content (AvgIpc) is 3.94. The predicted octanol–water partition coefficient (Wildman–Crippen LogP) is 6.40. The van der Waals surface area contributed by atoms with Crippen molar-refractivity contribution in [3.8, 4) is 22.4 Å². The first-order valence-electron chi connectivity index (χ1n) is 22.5. The Morgan fingerprint density at radius 2 is 1.80 bits per heavy atom. The van der Waals surface area contributed by atoms with Crippen LogP contribution in [-0.2, 0) is 43.3 Å². The van der Waals surface area contributed by atoms with Gasteiger partial charge in [0.15, 0.2) is 0 Å². The summed E-state index contributed by atoms with van der Waals surface area (Å²) in [7, 11) is 0. The van der Waals surface area contributed by atoms with Gasteiger partial charge in [-0.2, -0.15) is 0 Å². The molecule has 0 unspecified atom stereocenters. The van der Waals surface area contributed by atoms with Crippen LogP contribution in [0.1, 0.15) is 96.9 Å². The van der Waals surface area contributed by atoms with E-state index in [4.69, 9.17) is 9.72 Å². The van der Waals surface area contributed by atoms with Crippen molar-refractivity contribution >= 4 is 34.6 Å². The number of fused-ring (bicyclic) bond motifs is 6. The number of rotatable bonds is 7. The lowest BCUT2D eigenvalue weighted by Gasteiger charge is -2.37. The second kappa shape index (κ2) is 17.0. The first kappa shape index (κ1) is 42.6. The van der Waals surface area contributed by atoms with Gasteiger partial charge in [0.05, 0.1) is 23.4 Å². The van der Waals surface area contributed by atoms with Gasteiger partial charge in [-0.05, 0) is 104 Å². The van der Waals surface area contributed by atoms with Gasteiger partial charge in [0.25, 0.3) is 5.91 Å². The molecular weight excluding hydrogens is 767 g/mol. The quantitative estimate of drug-likeness (QED) is 0.182. The highest BCUT2D eigenvalue weighted by atomic mass is 16.5. The maximum Gasteiger partial charge on any atom is 0.324 e. The van der Waals surface area contributed by atoms with E-state index in [-0.39, 0.29) is 42.6 Å². The third kappa shape index (κ3) is 8.21. The fraction of sp³-hybridized carbons (Fsp3) is 0.531. The summed E-state index contributed by atoms with van der Waals surface area (Å²) in [4.78, 5) is 63.6. The largest absolute Gasteiger partial charge is 0.464 e. The maximum absolute atomic E-state index is 14.7. The molecule has 12 heteroatoms. The molecule has 3 saturated heterocycles. The molecule has 12 nitrogen and oxygen atoms in total. The van der Waals surface area contributed by atoms with Gasteiger partial charge in [0, 0.05) is 60.7 Å². The lowest BCUT2D eigenvalue weighted by atomic mass is 9.83. The monoisotopic (exact) mass is 829 g/mol. The second-order valence-corrected chi connectivity index (χ2v) is 19.3. The zero-order valence-electron chi connectivity index (χ0n) is 37.0. The fourth-order valence-corrected chi connectivity index (χ4v) is 10.3. The van der Waals surface area contributed by atoms with Crippen LogP contribution in [0.5, 0.6) is 0 Å².